The van der Waals surface area contributed by atoms with E-state index in [1.165, 1.54) is 0 Å². The quantitative estimate of drug-likeness (QED) is 0.253. The number of aryl methyl sites for hydroxylation is 1. The molecule has 0 fully saturated rings. The minimum Gasteiger partial charge on any atom is -0.462 e. The second-order valence-corrected chi connectivity index (χ2v) is 4.78. The highest BCUT2D eigenvalue weighted by Gasteiger charge is 2.24. The van der Waals surface area contributed by atoms with Crippen LogP contribution in [0.2, 0.25) is 0 Å². The van der Waals surface area contributed by atoms with Crippen molar-refractivity contribution in [1.82, 2.24) is 0 Å². The summed E-state index contributed by atoms with van der Waals surface area (Å²) in [6.07, 6.45) is 0. The lowest BCUT2D eigenvalue weighted by Gasteiger charge is -2.09. The number of nitrogens with one attached hydrogen (secondary N) is 1. The van der Waals surface area contributed by atoms with Crippen LogP contribution in [0.15, 0.2) is 40.6 Å². The third-order valence-electron chi connectivity index (χ3n) is 2.93. The maximum Gasteiger partial charge on any atom is 0.360 e. The molecule has 25 heavy (non-hydrogen) atoms. The van der Waals surface area contributed by atoms with Gasteiger partial charge in [-0.05, 0) is 32.9 Å². The zero-order valence-electron chi connectivity index (χ0n) is 14.3. The summed E-state index contributed by atoms with van der Waals surface area (Å²) in [6.45, 7) is 5.26. The molecule has 0 saturated heterocycles. The van der Waals surface area contributed by atoms with E-state index >= 15 is 0 Å². The van der Waals surface area contributed by atoms with Gasteiger partial charge in [-0.3, -0.25) is 5.43 Å². The average Bonchev–Trinajstić information content (AvgIpc) is 2.58. The van der Waals surface area contributed by atoms with Gasteiger partial charge in [-0.15, -0.1) is 0 Å². The highest BCUT2D eigenvalue weighted by Crippen LogP contribution is 2.10. The van der Waals surface area contributed by atoms with Crippen LogP contribution in [0.3, 0.4) is 0 Å². The van der Waals surface area contributed by atoms with Crippen molar-refractivity contribution in [2.24, 2.45) is 10.8 Å². The number of nitriles is 1. The van der Waals surface area contributed by atoms with E-state index in [1.54, 1.807) is 32.0 Å². The topological polar surface area (TPSA) is 127 Å². The molecule has 0 aliphatic heterocycles. The molecule has 8 nitrogen and oxygen atoms in total. The van der Waals surface area contributed by atoms with Gasteiger partial charge in [0.2, 0.25) is 0 Å². The summed E-state index contributed by atoms with van der Waals surface area (Å²) in [6, 6.07) is 8.82. The summed E-state index contributed by atoms with van der Waals surface area (Å²) in [5.41, 5.74) is 8.79. The van der Waals surface area contributed by atoms with Crippen molar-refractivity contribution in [1.29, 1.82) is 5.26 Å². The second-order valence-electron chi connectivity index (χ2n) is 4.78. The van der Waals surface area contributed by atoms with E-state index in [4.69, 9.17) is 20.5 Å². The normalized spacial score (nSPS) is 11.8. The van der Waals surface area contributed by atoms with Gasteiger partial charge in [-0.25, -0.2) is 9.59 Å². The Hall–Kier alpha value is -3.34. The number of hydrogen-bond acceptors (Lipinski definition) is 8. The van der Waals surface area contributed by atoms with Crippen LogP contribution in [0.1, 0.15) is 19.4 Å². The minimum atomic E-state index is -0.935. The fourth-order valence-electron chi connectivity index (χ4n) is 1.70. The molecule has 0 aliphatic carbocycles. The Kier molecular flexibility index (Phi) is 7.66. The Bertz CT molecular complexity index is 730. The molecule has 8 heteroatoms. The maximum atomic E-state index is 12.1. The predicted molar refractivity (Wildman–Crippen MR) is 92.3 cm³/mol. The Balaban J connectivity index is 3.24. The van der Waals surface area contributed by atoms with E-state index in [9.17, 15) is 9.59 Å². The fourth-order valence-corrected chi connectivity index (χ4v) is 1.70. The summed E-state index contributed by atoms with van der Waals surface area (Å²) in [4.78, 5) is 23.9. The van der Waals surface area contributed by atoms with Crippen molar-refractivity contribution in [3.8, 4) is 6.07 Å². The summed E-state index contributed by atoms with van der Waals surface area (Å²) in [5, 5.41) is 13.1. The van der Waals surface area contributed by atoms with Gasteiger partial charge in [0.05, 0.1) is 24.6 Å². The Morgan fingerprint density at radius 1 is 1.16 bits per heavy atom. The molecule has 3 N–H and O–H groups in total. The number of benzene rings is 1. The number of hydrogen-bond donors (Lipinski definition) is 2. The van der Waals surface area contributed by atoms with Crippen molar-refractivity contribution >= 4 is 23.3 Å². The monoisotopic (exact) mass is 344 g/mol. The third-order valence-corrected chi connectivity index (χ3v) is 2.93. The molecule has 132 valence electrons. The van der Waals surface area contributed by atoms with Crippen LogP contribution in [-0.2, 0) is 19.1 Å². The molecule has 0 bridgehead atoms. The van der Waals surface area contributed by atoms with Gasteiger partial charge in [0.1, 0.15) is 6.07 Å². The molecule has 0 atom stereocenters. The van der Waals surface area contributed by atoms with Crippen molar-refractivity contribution in [3.05, 3.63) is 41.1 Å². The third kappa shape index (κ3) is 5.66. The van der Waals surface area contributed by atoms with Gasteiger partial charge in [-0.1, -0.05) is 17.7 Å². The zero-order chi connectivity index (χ0) is 18.8. The number of nitrogens with two attached hydrogens (primary N) is 1. The lowest BCUT2D eigenvalue weighted by molar-refractivity contribution is -0.138. The summed E-state index contributed by atoms with van der Waals surface area (Å²) < 4.78 is 9.64. The molecule has 0 amide bonds. The van der Waals surface area contributed by atoms with E-state index < -0.39 is 23.2 Å². The SMILES string of the molecule is CCOC(=O)/C(C#N)=C(N)/C(=N\Nc1ccc(C)cc1)C(=O)OCC. The smallest absolute Gasteiger partial charge is 0.360 e. The summed E-state index contributed by atoms with van der Waals surface area (Å²) in [5.74, 6) is -1.80. The van der Waals surface area contributed by atoms with Gasteiger partial charge in [0.15, 0.2) is 11.3 Å². The van der Waals surface area contributed by atoms with Crippen molar-refractivity contribution in [2.45, 2.75) is 20.8 Å². The van der Waals surface area contributed by atoms with Gasteiger partial charge in [-0.2, -0.15) is 10.4 Å². The molecule has 1 aromatic rings. The first-order valence-electron chi connectivity index (χ1n) is 7.59. The first-order chi connectivity index (χ1) is 11.9. The first-order valence-corrected chi connectivity index (χ1v) is 7.59. The molecule has 0 aromatic heterocycles. The van der Waals surface area contributed by atoms with E-state index in [2.05, 4.69) is 10.5 Å². The number of nitrogens with zero attached hydrogens (tertiary/aromatic N) is 2. The van der Waals surface area contributed by atoms with Gasteiger partial charge in [0.25, 0.3) is 0 Å². The van der Waals surface area contributed by atoms with E-state index in [0.29, 0.717) is 5.69 Å². The Labute approximate surface area is 145 Å². The second kappa shape index (κ2) is 9.72. The Morgan fingerprint density at radius 3 is 2.24 bits per heavy atom. The number of anilines is 1. The van der Waals surface area contributed by atoms with Gasteiger partial charge < -0.3 is 15.2 Å². The number of ether oxygens (including phenoxy) is 2. The number of esters is 2. The van der Waals surface area contributed by atoms with Crippen molar-refractivity contribution < 1.29 is 19.1 Å². The first kappa shape index (κ1) is 19.7. The summed E-state index contributed by atoms with van der Waals surface area (Å²) >= 11 is 0. The molecule has 0 unspecified atom stereocenters. The van der Waals surface area contributed by atoms with Crippen molar-refractivity contribution in [3.63, 3.8) is 0 Å². The van der Waals surface area contributed by atoms with Crippen LogP contribution in [0.5, 0.6) is 0 Å². The van der Waals surface area contributed by atoms with Crippen LogP contribution in [0.4, 0.5) is 5.69 Å². The molecule has 0 saturated carbocycles. The fraction of sp³-hybridized carbons (Fsp3) is 0.294. The Morgan fingerprint density at radius 2 is 1.72 bits per heavy atom. The van der Waals surface area contributed by atoms with Gasteiger partial charge >= 0.3 is 11.9 Å². The lowest BCUT2D eigenvalue weighted by Crippen LogP contribution is -2.28. The predicted octanol–water partition coefficient (Wildman–Crippen LogP) is 1.63. The van der Waals surface area contributed by atoms with E-state index in [-0.39, 0.29) is 18.9 Å². The van der Waals surface area contributed by atoms with Gasteiger partial charge in [0, 0.05) is 0 Å². The van der Waals surface area contributed by atoms with Crippen LogP contribution < -0.4 is 11.2 Å². The number of rotatable bonds is 7. The maximum absolute atomic E-state index is 12.1. The molecular weight excluding hydrogens is 324 g/mol. The van der Waals surface area contributed by atoms with Crippen LogP contribution in [0, 0.1) is 18.3 Å². The minimum absolute atomic E-state index is 0.0603. The largest absolute Gasteiger partial charge is 0.462 e. The van der Waals surface area contributed by atoms with Crippen LogP contribution in [-0.4, -0.2) is 30.9 Å². The highest BCUT2D eigenvalue weighted by atomic mass is 16.5. The lowest BCUT2D eigenvalue weighted by atomic mass is 10.1. The molecule has 1 aromatic carbocycles. The summed E-state index contributed by atoms with van der Waals surface area (Å²) in [7, 11) is 0. The molecular formula is C17H20N4O4. The number of carbonyl (C=O) groups is 2. The molecule has 1 rings (SSSR count). The molecule has 0 radical (unpaired) electrons. The molecule has 0 aliphatic rings. The number of carbonyl (C=O) groups excluding carboxylic acids is 2. The average molecular weight is 344 g/mol. The number of hydrazone groups is 1. The van der Waals surface area contributed by atoms with Crippen molar-refractivity contribution in [2.75, 3.05) is 18.6 Å². The zero-order valence-corrected chi connectivity index (χ0v) is 14.3. The van der Waals surface area contributed by atoms with E-state index in [0.717, 1.165) is 5.56 Å². The standard InChI is InChI=1S/C17H20N4O4/c1-4-24-16(22)13(10-18)14(19)15(17(23)25-5-2)21-20-12-8-6-11(3)7-9-12/h6-9,20H,4-5,19H2,1-3H3/b14-13-,21-15+. The van der Waals surface area contributed by atoms with Crippen LogP contribution in [0.25, 0.3) is 0 Å². The highest BCUT2D eigenvalue weighted by molar-refractivity contribution is 6.44. The molecule has 0 spiro atoms. The molecule has 0 heterocycles. The van der Waals surface area contributed by atoms with Crippen LogP contribution >= 0.6 is 0 Å². The van der Waals surface area contributed by atoms with E-state index in [1.807, 2.05) is 19.1 Å².